The quantitative estimate of drug-likeness (QED) is 0.871. The number of nitrogens with one attached hydrogen (secondary N) is 1. The Kier molecular flexibility index (Phi) is 4.65. The van der Waals surface area contributed by atoms with Gasteiger partial charge in [0.2, 0.25) is 0 Å². The van der Waals surface area contributed by atoms with Crippen LogP contribution in [0.5, 0.6) is 0 Å². The molecule has 1 N–H and O–H groups in total. The smallest absolute Gasteiger partial charge is 0.156 e. The van der Waals surface area contributed by atoms with E-state index in [4.69, 9.17) is 9.47 Å². The van der Waals surface area contributed by atoms with Gasteiger partial charge in [-0.15, -0.1) is 0 Å². The van der Waals surface area contributed by atoms with Crippen LogP contribution in [-0.2, 0) is 29.7 Å². The van der Waals surface area contributed by atoms with E-state index in [9.17, 15) is 0 Å². The van der Waals surface area contributed by atoms with Crippen LogP contribution < -0.4 is 5.32 Å². The molecular formula is C15H21N5O2. The van der Waals surface area contributed by atoms with Crippen molar-refractivity contribution in [3.8, 4) is 0 Å². The predicted octanol–water partition coefficient (Wildman–Crippen LogP) is 1.47. The number of imidazole rings is 1. The molecule has 1 saturated heterocycles. The van der Waals surface area contributed by atoms with Crippen LogP contribution in [0, 0.1) is 0 Å². The molecule has 2 aromatic heterocycles. The normalized spacial score (nSPS) is 17.8. The highest BCUT2D eigenvalue weighted by atomic mass is 16.5. The lowest BCUT2D eigenvalue weighted by atomic mass is 10.0. The van der Waals surface area contributed by atoms with Gasteiger partial charge in [0.25, 0.3) is 0 Å². The van der Waals surface area contributed by atoms with Gasteiger partial charge in [-0.2, -0.15) is 0 Å². The molecule has 22 heavy (non-hydrogen) atoms. The summed E-state index contributed by atoms with van der Waals surface area (Å²) in [6.45, 7) is 2.54. The summed E-state index contributed by atoms with van der Waals surface area (Å²) in [5, 5.41) is 3.32. The molecule has 0 spiro atoms. The van der Waals surface area contributed by atoms with Gasteiger partial charge in [-0.05, 0) is 6.42 Å². The molecule has 0 unspecified atom stereocenters. The number of aryl methyl sites for hydroxylation is 1. The summed E-state index contributed by atoms with van der Waals surface area (Å²) in [5.41, 5.74) is 1.02. The molecular weight excluding hydrogens is 282 g/mol. The summed E-state index contributed by atoms with van der Waals surface area (Å²) < 4.78 is 12.6. The molecule has 3 heterocycles. The highest BCUT2D eigenvalue weighted by molar-refractivity contribution is 5.37. The fourth-order valence-electron chi connectivity index (χ4n) is 2.52. The number of anilines is 1. The molecule has 1 aliphatic heterocycles. The van der Waals surface area contributed by atoms with Crippen LogP contribution in [0.4, 0.5) is 5.82 Å². The molecule has 0 bridgehead atoms. The van der Waals surface area contributed by atoms with Gasteiger partial charge in [0.05, 0.1) is 18.8 Å². The Balaban J connectivity index is 1.77. The summed E-state index contributed by atoms with van der Waals surface area (Å²) in [6.07, 6.45) is 4.71. The number of methoxy groups -OCH3 is 1. The second kappa shape index (κ2) is 6.85. The van der Waals surface area contributed by atoms with E-state index in [-0.39, 0.29) is 0 Å². The number of aromatic nitrogens is 4. The van der Waals surface area contributed by atoms with Gasteiger partial charge in [-0.1, -0.05) is 0 Å². The molecule has 1 fully saturated rings. The topological polar surface area (TPSA) is 74.1 Å². The Bertz CT molecular complexity index is 622. The monoisotopic (exact) mass is 303 g/mol. The first-order valence-corrected chi connectivity index (χ1v) is 7.41. The number of rotatable bonds is 6. The Hall–Kier alpha value is -1.99. The highest BCUT2D eigenvalue weighted by Crippen LogP contribution is 2.25. The second-order valence-corrected chi connectivity index (χ2v) is 5.40. The standard InChI is InChI=1S/C15H21N5O2/c1-20-5-4-16-15(20)8-17-13-7-12(11-3-6-22-9-11)18-14(19-13)10-21-2/h4-5,7,11H,3,6,8-10H2,1-2H3,(H,17,18,19)/t11-/m0/s1. The Morgan fingerprint density at radius 2 is 2.36 bits per heavy atom. The summed E-state index contributed by atoms with van der Waals surface area (Å²) in [7, 11) is 3.62. The molecule has 0 radical (unpaired) electrons. The third-order valence-corrected chi connectivity index (χ3v) is 3.76. The van der Waals surface area contributed by atoms with Crippen LogP contribution in [0.1, 0.15) is 29.7 Å². The molecule has 0 aromatic carbocycles. The van der Waals surface area contributed by atoms with Crippen LogP contribution in [0.25, 0.3) is 0 Å². The molecule has 0 aliphatic carbocycles. The van der Waals surface area contributed by atoms with Crippen molar-refractivity contribution in [3.63, 3.8) is 0 Å². The van der Waals surface area contributed by atoms with Crippen molar-refractivity contribution in [1.82, 2.24) is 19.5 Å². The summed E-state index contributed by atoms with van der Waals surface area (Å²) >= 11 is 0. The fourth-order valence-corrected chi connectivity index (χ4v) is 2.52. The van der Waals surface area contributed by atoms with E-state index in [0.717, 1.165) is 37.0 Å². The third-order valence-electron chi connectivity index (χ3n) is 3.76. The molecule has 2 aromatic rings. The highest BCUT2D eigenvalue weighted by Gasteiger charge is 2.20. The first-order chi connectivity index (χ1) is 10.8. The lowest BCUT2D eigenvalue weighted by molar-refractivity contribution is 0.177. The van der Waals surface area contributed by atoms with Crippen LogP contribution in [0.15, 0.2) is 18.5 Å². The van der Waals surface area contributed by atoms with Crippen molar-refractivity contribution in [2.24, 2.45) is 7.05 Å². The summed E-state index contributed by atoms with van der Waals surface area (Å²) in [4.78, 5) is 13.4. The number of hydrogen-bond donors (Lipinski definition) is 1. The van der Waals surface area contributed by atoms with Crippen molar-refractivity contribution in [3.05, 3.63) is 35.8 Å². The van der Waals surface area contributed by atoms with Gasteiger partial charge in [0.15, 0.2) is 5.82 Å². The van der Waals surface area contributed by atoms with E-state index < -0.39 is 0 Å². The zero-order valence-corrected chi connectivity index (χ0v) is 13.0. The van der Waals surface area contributed by atoms with Crippen molar-refractivity contribution in [2.75, 3.05) is 25.6 Å². The maximum atomic E-state index is 5.46. The maximum Gasteiger partial charge on any atom is 0.156 e. The predicted molar refractivity (Wildman–Crippen MR) is 81.5 cm³/mol. The van der Waals surface area contributed by atoms with Crippen molar-refractivity contribution in [1.29, 1.82) is 0 Å². The van der Waals surface area contributed by atoms with Gasteiger partial charge < -0.3 is 19.4 Å². The van der Waals surface area contributed by atoms with Crippen molar-refractivity contribution >= 4 is 5.82 Å². The number of nitrogens with zero attached hydrogens (tertiary/aromatic N) is 4. The summed E-state index contributed by atoms with van der Waals surface area (Å²) in [6, 6.07) is 2.00. The average Bonchev–Trinajstić information content (AvgIpc) is 3.17. The summed E-state index contributed by atoms with van der Waals surface area (Å²) in [5.74, 6) is 2.78. The van der Waals surface area contributed by atoms with E-state index in [1.807, 2.05) is 23.9 Å². The molecule has 7 heteroatoms. The van der Waals surface area contributed by atoms with Crippen LogP contribution in [0.2, 0.25) is 0 Å². The maximum absolute atomic E-state index is 5.46. The Labute approximate surface area is 129 Å². The van der Waals surface area contributed by atoms with Crippen LogP contribution in [0.3, 0.4) is 0 Å². The lowest BCUT2D eigenvalue weighted by Crippen LogP contribution is -2.11. The van der Waals surface area contributed by atoms with Gasteiger partial charge in [0.1, 0.15) is 18.2 Å². The molecule has 0 amide bonds. The van der Waals surface area contributed by atoms with E-state index in [0.29, 0.717) is 24.9 Å². The largest absolute Gasteiger partial charge is 0.381 e. The van der Waals surface area contributed by atoms with E-state index >= 15 is 0 Å². The number of hydrogen-bond acceptors (Lipinski definition) is 6. The SMILES string of the molecule is COCc1nc(NCc2nccn2C)cc([C@H]2CCOC2)n1. The molecule has 118 valence electrons. The molecule has 0 saturated carbocycles. The molecule has 1 aliphatic rings. The minimum atomic E-state index is 0.340. The first kappa shape index (κ1) is 14.9. The number of ether oxygens (including phenoxy) is 2. The average molecular weight is 303 g/mol. The molecule has 3 rings (SSSR count). The van der Waals surface area contributed by atoms with E-state index in [1.54, 1.807) is 13.3 Å². The van der Waals surface area contributed by atoms with Gasteiger partial charge >= 0.3 is 0 Å². The zero-order chi connectivity index (χ0) is 15.4. The lowest BCUT2D eigenvalue weighted by Gasteiger charge is -2.12. The first-order valence-electron chi connectivity index (χ1n) is 7.41. The van der Waals surface area contributed by atoms with Gasteiger partial charge in [0, 0.05) is 45.1 Å². The van der Waals surface area contributed by atoms with E-state index in [1.165, 1.54) is 0 Å². The minimum absolute atomic E-state index is 0.340. The minimum Gasteiger partial charge on any atom is -0.381 e. The van der Waals surface area contributed by atoms with Crippen molar-refractivity contribution in [2.45, 2.75) is 25.5 Å². The third kappa shape index (κ3) is 3.42. The van der Waals surface area contributed by atoms with E-state index in [2.05, 4.69) is 20.3 Å². The molecule has 1 atom stereocenters. The second-order valence-electron chi connectivity index (χ2n) is 5.40. The van der Waals surface area contributed by atoms with Crippen LogP contribution in [-0.4, -0.2) is 39.8 Å². The Morgan fingerprint density at radius 1 is 1.45 bits per heavy atom. The fraction of sp³-hybridized carbons (Fsp3) is 0.533. The van der Waals surface area contributed by atoms with Gasteiger partial charge in [-0.3, -0.25) is 0 Å². The van der Waals surface area contributed by atoms with Crippen LogP contribution >= 0.6 is 0 Å². The molecule has 7 nitrogen and oxygen atoms in total. The Morgan fingerprint density at radius 3 is 3.05 bits per heavy atom. The van der Waals surface area contributed by atoms with Crippen molar-refractivity contribution < 1.29 is 9.47 Å². The zero-order valence-electron chi connectivity index (χ0n) is 13.0. The van der Waals surface area contributed by atoms with Gasteiger partial charge in [-0.25, -0.2) is 15.0 Å².